The highest BCUT2D eigenvalue weighted by molar-refractivity contribution is 7.47. The largest absolute Gasteiger partial charge is 0.480 e. The number of hydrogen-bond acceptors (Lipinski definition) is 9. The number of carboxylic acids is 1. The second kappa shape index (κ2) is 37.8. The van der Waals surface area contributed by atoms with Gasteiger partial charge in [-0.3, -0.25) is 23.4 Å². The first kappa shape index (κ1) is 51.9. The van der Waals surface area contributed by atoms with E-state index in [1.807, 2.05) is 0 Å². The molecule has 0 radical (unpaired) electrons. The molecule has 1 unspecified atom stereocenters. The summed E-state index contributed by atoms with van der Waals surface area (Å²) in [5, 5.41) is 8.87. The zero-order valence-corrected chi connectivity index (χ0v) is 34.6. The lowest BCUT2D eigenvalue weighted by molar-refractivity contribution is -0.161. The fourth-order valence-corrected chi connectivity index (χ4v) is 5.74. The van der Waals surface area contributed by atoms with Crippen LogP contribution in [0.5, 0.6) is 0 Å². The molecule has 0 heterocycles. The fourth-order valence-electron chi connectivity index (χ4n) is 4.97. The van der Waals surface area contributed by atoms with Crippen molar-refractivity contribution in [3.05, 3.63) is 72.9 Å². The van der Waals surface area contributed by atoms with E-state index in [9.17, 15) is 23.8 Å². The zero-order chi connectivity index (χ0) is 40.7. The third-order valence-corrected chi connectivity index (χ3v) is 9.14. The number of carbonyl (C=O) groups excluding carboxylic acids is 2. The number of nitrogens with two attached hydrogens (primary N) is 1. The molecule has 0 aromatic heterocycles. The van der Waals surface area contributed by atoms with Gasteiger partial charge >= 0.3 is 25.7 Å². The Labute approximate surface area is 331 Å². The lowest BCUT2D eigenvalue weighted by atomic mass is 10.1. The van der Waals surface area contributed by atoms with E-state index in [1.54, 1.807) is 0 Å². The molecule has 0 fully saturated rings. The third kappa shape index (κ3) is 37.6. The van der Waals surface area contributed by atoms with Crippen molar-refractivity contribution < 1.29 is 47.5 Å². The Balaban J connectivity index is 4.46. The Bertz CT molecular complexity index is 1210. The average Bonchev–Trinajstić information content (AvgIpc) is 3.16. The minimum atomic E-state index is -4.73. The third-order valence-electron chi connectivity index (χ3n) is 8.19. The van der Waals surface area contributed by atoms with E-state index in [0.29, 0.717) is 12.8 Å². The molecule has 0 saturated heterocycles. The Morgan fingerprint density at radius 3 is 1.56 bits per heavy atom. The minimum absolute atomic E-state index is 0.139. The average molecular weight is 794 g/mol. The summed E-state index contributed by atoms with van der Waals surface area (Å²) in [6.07, 6.45) is 44.0. The van der Waals surface area contributed by atoms with E-state index in [-0.39, 0.29) is 19.4 Å². The van der Waals surface area contributed by atoms with Crippen molar-refractivity contribution in [2.45, 2.75) is 161 Å². The molecule has 0 spiro atoms. The maximum atomic E-state index is 12.6. The summed E-state index contributed by atoms with van der Waals surface area (Å²) in [7, 11) is -4.73. The second-order valence-corrected chi connectivity index (χ2v) is 14.8. The predicted octanol–water partition coefficient (Wildman–Crippen LogP) is 10.6. The van der Waals surface area contributed by atoms with Gasteiger partial charge in [0.05, 0.1) is 13.2 Å². The molecular formula is C43H72NO10P. The summed E-state index contributed by atoms with van der Waals surface area (Å²) in [4.78, 5) is 45.8. The van der Waals surface area contributed by atoms with Crippen LogP contribution in [0.4, 0.5) is 0 Å². The number of aliphatic carboxylic acids is 1. The molecule has 314 valence electrons. The van der Waals surface area contributed by atoms with E-state index < -0.39 is 51.1 Å². The van der Waals surface area contributed by atoms with Gasteiger partial charge in [-0.15, -0.1) is 0 Å². The quantitative estimate of drug-likeness (QED) is 0.0236. The molecule has 55 heavy (non-hydrogen) atoms. The molecule has 0 aliphatic heterocycles. The van der Waals surface area contributed by atoms with Gasteiger partial charge in [-0.1, -0.05) is 125 Å². The molecular weight excluding hydrogens is 721 g/mol. The van der Waals surface area contributed by atoms with Gasteiger partial charge in [-0.2, -0.15) is 0 Å². The van der Waals surface area contributed by atoms with Crippen LogP contribution in [0.2, 0.25) is 0 Å². The maximum Gasteiger partial charge on any atom is 0.472 e. The van der Waals surface area contributed by atoms with Crippen LogP contribution in [-0.4, -0.2) is 59.9 Å². The van der Waals surface area contributed by atoms with Crippen molar-refractivity contribution >= 4 is 25.7 Å². The number of phosphoric acid groups is 1. The van der Waals surface area contributed by atoms with E-state index >= 15 is 0 Å². The second-order valence-electron chi connectivity index (χ2n) is 13.4. The van der Waals surface area contributed by atoms with E-state index in [1.165, 1.54) is 19.3 Å². The van der Waals surface area contributed by atoms with Gasteiger partial charge in [0.1, 0.15) is 12.6 Å². The lowest BCUT2D eigenvalue weighted by Crippen LogP contribution is -2.34. The predicted molar refractivity (Wildman–Crippen MR) is 221 cm³/mol. The van der Waals surface area contributed by atoms with E-state index in [2.05, 4.69) is 91.3 Å². The number of unbranched alkanes of at least 4 members (excludes halogenated alkanes) is 11. The highest BCUT2D eigenvalue weighted by Gasteiger charge is 2.28. The van der Waals surface area contributed by atoms with Crippen LogP contribution in [0.25, 0.3) is 0 Å². The monoisotopic (exact) mass is 793 g/mol. The molecule has 0 aromatic rings. The Kier molecular flexibility index (Phi) is 35.7. The standard InChI is InChI=1S/C43H72NO10P/c1-3-5-7-9-11-13-15-17-18-19-20-21-22-23-25-26-28-30-32-34-41(45)51-36-39(37-52-55(49,50)53-38-40(44)43(47)48)54-42(46)35-33-31-29-27-24-16-14-12-10-8-6-4-2/h5,7,11-14,17-18,20-21,23,25,39-40H,3-4,6,8-10,15-16,19,22,24,26-38,44H2,1-2H3,(H,47,48)(H,49,50)/b7-5+,13-11+,14-12+,18-17+,21-20+,25-23+/t39-,40+/m0/s1. The molecule has 0 rings (SSSR count). The molecule has 0 aliphatic carbocycles. The van der Waals surface area contributed by atoms with Gasteiger partial charge in [-0.05, 0) is 83.5 Å². The topological polar surface area (TPSA) is 172 Å². The van der Waals surface area contributed by atoms with Gasteiger partial charge < -0.3 is 25.2 Å². The minimum Gasteiger partial charge on any atom is -0.480 e. The summed E-state index contributed by atoms with van der Waals surface area (Å²) in [5.41, 5.74) is 5.32. The summed E-state index contributed by atoms with van der Waals surface area (Å²) >= 11 is 0. The summed E-state index contributed by atoms with van der Waals surface area (Å²) < 4.78 is 32.6. The van der Waals surface area contributed by atoms with Crippen LogP contribution in [0, 0.1) is 0 Å². The summed E-state index contributed by atoms with van der Waals surface area (Å²) in [6.45, 7) is 2.59. The number of esters is 2. The summed E-state index contributed by atoms with van der Waals surface area (Å²) in [5.74, 6) is -2.44. The highest BCUT2D eigenvalue weighted by Crippen LogP contribution is 2.43. The van der Waals surface area contributed by atoms with Crippen LogP contribution in [0.15, 0.2) is 72.9 Å². The molecule has 11 nitrogen and oxygen atoms in total. The Morgan fingerprint density at radius 1 is 0.582 bits per heavy atom. The van der Waals surface area contributed by atoms with Crippen molar-refractivity contribution in [3.8, 4) is 0 Å². The van der Waals surface area contributed by atoms with E-state index in [4.69, 9.17) is 24.8 Å². The Hall–Kier alpha value is -3.08. The summed E-state index contributed by atoms with van der Waals surface area (Å²) in [6, 6.07) is -1.53. The molecule has 12 heteroatoms. The molecule has 0 aliphatic rings. The Morgan fingerprint density at radius 2 is 1.02 bits per heavy atom. The van der Waals surface area contributed by atoms with Crippen molar-refractivity contribution in [2.75, 3.05) is 19.8 Å². The number of carboxylic acid groups (broad SMARTS) is 1. The molecule has 3 atom stereocenters. The number of ether oxygens (including phenoxy) is 2. The van der Waals surface area contributed by atoms with E-state index in [0.717, 1.165) is 89.9 Å². The van der Waals surface area contributed by atoms with Crippen LogP contribution in [0.1, 0.15) is 149 Å². The van der Waals surface area contributed by atoms with Gasteiger partial charge in [-0.25, -0.2) is 4.57 Å². The number of phosphoric ester groups is 1. The zero-order valence-electron chi connectivity index (χ0n) is 33.7. The number of allylic oxidation sites excluding steroid dienone is 12. The van der Waals surface area contributed by atoms with Crippen molar-refractivity contribution in [1.29, 1.82) is 0 Å². The van der Waals surface area contributed by atoms with Crippen LogP contribution in [0.3, 0.4) is 0 Å². The smallest absolute Gasteiger partial charge is 0.472 e. The first-order chi connectivity index (χ1) is 26.6. The molecule has 0 saturated carbocycles. The van der Waals surface area contributed by atoms with Crippen LogP contribution in [-0.2, 0) is 37.5 Å². The maximum absolute atomic E-state index is 12.6. The number of rotatable bonds is 37. The normalized spacial score (nSPS) is 14.5. The first-order valence-corrected chi connectivity index (χ1v) is 22.0. The fraction of sp³-hybridized carbons (Fsp3) is 0.651. The highest BCUT2D eigenvalue weighted by atomic mass is 31.2. The first-order valence-electron chi connectivity index (χ1n) is 20.5. The van der Waals surface area contributed by atoms with Gasteiger partial charge in [0.25, 0.3) is 0 Å². The van der Waals surface area contributed by atoms with Crippen molar-refractivity contribution in [3.63, 3.8) is 0 Å². The van der Waals surface area contributed by atoms with Crippen molar-refractivity contribution in [2.24, 2.45) is 5.73 Å². The SMILES string of the molecule is CC/C=C/C/C=C/C/C=C/C/C=C/C/C=C/CCCCCC(=O)OC[C@@H](COP(=O)(O)OC[C@@H](N)C(=O)O)OC(=O)CCCCCCC/C=C/CCCCC. The number of carbonyl (C=O) groups is 3. The molecule has 0 aromatic carbocycles. The lowest BCUT2D eigenvalue weighted by Gasteiger charge is -2.20. The van der Waals surface area contributed by atoms with Gasteiger partial charge in [0.2, 0.25) is 0 Å². The van der Waals surface area contributed by atoms with Gasteiger partial charge in [0, 0.05) is 12.8 Å². The molecule has 0 bridgehead atoms. The van der Waals surface area contributed by atoms with Crippen LogP contribution < -0.4 is 5.73 Å². The molecule has 4 N–H and O–H groups in total. The molecule has 0 amide bonds. The van der Waals surface area contributed by atoms with Gasteiger partial charge in [0.15, 0.2) is 6.10 Å². The van der Waals surface area contributed by atoms with Crippen molar-refractivity contribution in [1.82, 2.24) is 0 Å². The number of hydrogen-bond donors (Lipinski definition) is 3. The van der Waals surface area contributed by atoms with Crippen LogP contribution >= 0.6 is 7.82 Å².